The summed E-state index contributed by atoms with van der Waals surface area (Å²) in [5, 5.41) is 4.77. The second-order valence-corrected chi connectivity index (χ2v) is 24.6. The number of likely N-dealkylation sites (N-methyl/N-ethyl adjacent to an activating group) is 1. The summed E-state index contributed by atoms with van der Waals surface area (Å²) in [6.45, 7) is 21.0. The molecule has 0 bridgehead atoms. The lowest BCUT2D eigenvalue weighted by Gasteiger charge is -2.31. The highest BCUT2D eigenvalue weighted by molar-refractivity contribution is 8.02. The summed E-state index contributed by atoms with van der Waals surface area (Å²) in [5.74, 6) is 1.41. The van der Waals surface area contributed by atoms with E-state index in [0.717, 1.165) is 19.3 Å². The molecule has 24 nitrogen and oxygen atoms in total. The van der Waals surface area contributed by atoms with Crippen LogP contribution in [0.15, 0.2) is 64.7 Å². The van der Waals surface area contributed by atoms with Gasteiger partial charge in [0.2, 0.25) is 23.6 Å². The number of aromatic nitrogens is 1. The molecule has 3 atom stereocenters. The number of pyridine rings is 1. The van der Waals surface area contributed by atoms with Crippen molar-refractivity contribution in [3.63, 3.8) is 0 Å². The van der Waals surface area contributed by atoms with E-state index >= 15 is 0 Å². The molecule has 6 amide bonds. The van der Waals surface area contributed by atoms with Gasteiger partial charge in [0.1, 0.15) is 25.6 Å². The second kappa shape index (κ2) is 35.9. The van der Waals surface area contributed by atoms with Crippen LogP contribution in [0.25, 0.3) is 0 Å². The van der Waals surface area contributed by atoms with Crippen molar-refractivity contribution in [2.75, 3.05) is 133 Å². The Balaban J connectivity index is 0.000000498. The number of carbonyl (C=O) groups excluding carboxylic acids is 6. The van der Waals surface area contributed by atoms with E-state index in [1.165, 1.54) is 37.2 Å². The van der Waals surface area contributed by atoms with Crippen LogP contribution >= 0.6 is 11.8 Å². The Hall–Kier alpha value is -7.29. The van der Waals surface area contributed by atoms with Gasteiger partial charge in [-0.05, 0) is 73.1 Å². The normalized spacial score (nSPS) is 18.0. The molecule has 25 heteroatoms. The van der Waals surface area contributed by atoms with E-state index in [-0.39, 0.29) is 82.8 Å². The first-order valence-electron chi connectivity index (χ1n) is 30.7. The van der Waals surface area contributed by atoms with Gasteiger partial charge in [0.05, 0.1) is 107 Å². The fraction of sp³-hybridized carbons (Fsp3) is 0.569. The van der Waals surface area contributed by atoms with Gasteiger partial charge in [0.15, 0.2) is 23.0 Å². The molecule has 4 aliphatic heterocycles. The van der Waals surface area contributed by atoms with Crippen LogP contribution in [0.3, 0.4) is 0 Å². The van der Waals surface area contributed by atoms with Crippen molar-refractivity contribution in [2.24, 2.45) is 4.99 Å². The Morgan fingerprint density at radius 3 is 2.00 bits per heavy atom. The first kappa shape index (κ1) is 71.8. The highest BCUT2D eigenvalue weighted by Crippen LogP contribution is 2.40. The number of aliphatic imine (C=N–C) groups is 1. The Morgan fingerprint density at radius 2 is 1.40 bits per heavy atom. The predicted molar refractivity (Wildman–Crippen MR) is 344 cm³/mol. The molecule has 0 saturated carbocycles. The fourth-order valence-corrected chi connectivity index (χ4v) is 12.1. The Labute approximate surface area is 533 Å². The van der Waals surface area contributed by atoms with Gasteiger partial charge in [-0.15, -0.1) is 11.8 Å². The highest BCUT2D eigenvalue weighted by atomic mass is 32.2. The van der Waals surface area contributed by atoms with Gasteiger partial charge in [-0.2, -0.15) is 0 Å². The van der Waals surface area contributed by atoms with E-state index in [4.69, 9.17) is 58.3 Å². The average Bonchev–Trinajstić information content (AvgIpc) is 1.64. The van der Waals surface area contributed by atoms with Gasteiger partial charge >= 0.3 is 0 Å². The summed E-state index contributed by atoms with van der Waals surface area (Å²) in [6.07, 6.45) is 8.81. The lowest BCUT2D eigenvalue weighted by Crippen LogP contribution is -2.39. The molecule has 0 radical (unpaired) electrons. The topological polar surface area (TPSA) is 274 Å². The lowest BCUT2D eigenvalue weighted by atomic mass is 10.1. The number of nitrogen functional groups attached to an aromatic ring is 1. The Bertz CT molecular complexity index is 3030. The molecule has 0 aliphatic carbocycles. The van der Waals surface area contributed by atoms with Crippen LogP contribution in [0.5, 0.6) is 28.7 Å². The van der Waals surface area contributed by atoms with Gasteiger partial charge in [-0.1, -0.05) is 30.2 Å². The van der Waals surface area contributed by atoms with Crippen molar-refractivity contribution in [1.82, 2.24) is 35.2 Å². The molecule has 2 aromatic carbocycles. The number of nitrogens with one attached hydrogen (secondary N) is 2. The number of amides is 6. The van der Waals surface area contributed by atoms with Crippen LogP contribution in [-0.2, 0) is 51.3 Å². The third-order valence-electron chi connectivity index (χ3n) is 15.2. The van der Waals surface area contributed by atoms with Gasteiger partial charge in [0, 0.05) is 113 Å². The van der Waals surface area contributed by atoms with Gasteiger partial charge in [-0.3, -0.25) is 43.6 Å². The molecule has 7 rings (SSSR count). The van der Waals surface area contributed by atoms with Gasteiger partial charge in [-0.25, -0.2) is 0 Å². The third kappa shape index (κ3) is 21.4. The number of carbonyl (C=O) groups is 6. The molecule has 4 aliphatic rings. The molecule has 1 aromatic heterocycles. The smallest absolute Gasteiger partial charge is 0.257 e. The summed E-state index contributed by atoms with van der Waals surface area (Å²) in [6, 6.07) is 10.1. The average molecular weight is 1270 g/mol. The number of ether oxygens (including phenoxy) is 9. The van der Waals surface area contributed by atoms with Gasteiger partial charge < -0.3 is 73.7 Å². The van der Waals surface area contributed by atoms with Crippen LogP contribution in [0, 0.1) is 0 Å². The third-order valence-corrected chi connectivity index (χ3v) is 16.6. The molecular formula is C65H93N9O15S. The largest absolute Gasteiger partial charge is 0.493 e. The molecule has 3 fully saturated rings. The minimum Gasteiger partial charge on any atom is -0.493 e. The second-order valence-electron chi connectivity index (χ2n) is 22.7. The highest BCUT2D eigenvalue weighted by Gasteiger charge is 2.42. The number of benzene rings is 2. The number of fused-ring (bicyclic) bond motifs is 2. The molecule has 0 spiro atoms. The van der Waals surface area contributed by atoms with Crippen LogP contribution in [0.4, 0.5) is 11.4 Å². The quantitative estimate of drug-likeness (QED) is 0.0246. The monoisotopic (exact) mass is 1270 g/mol. The number of hydrogen-bond donors (Lipinski definition) is 3. The summed E-state index contributed by atoms with van der Waals surface area (Å²) in [5.41, 5.74) is 11.5. The SMILES string of the molecule is C/C=C1\C[C@@H](C)N(C(=O)c2cc(OC)c(OCc3cc(OCCN(C)CC(C)(C)SC4CC(=O)N(CCC)C4=O)cc(COc4cc5c(cc4OC)C(=O)N4C/C(=C/C)C[C@H]4C=N5)n3)cc2N)C1.CNC(=O)CCOCCOCCOCCOCCNC(C)=O. The maximum Gasteiger partial charge on any atom is 0.257 e. The zero-order chi connectivity index (χ0) is 65.3. The van der Waals surface area contributed by atoms with Crippen molar-refractivity contribution < 1.29 is 71.4 Å². The number of likely N-dealkylation sites (tertiary alicyclic amines) is 2. The van der Waals surface area contributed by atoms with E-state index in [2.05, 4.69) is 41.5 Å². The molecular weight excluding hydrogens is 1180 g/mol. The zero-order valence-electron chi connectivity index (χ0n) is 54.3. The van der Waals surface area contributed by atoms with E-state index in [9.17, 15) is 28.8 Å². The number of thioether (sulfide) groups is 1. The van der Waals surface area contributed by atoms with Gasteiger partial charge in [0.25, 0.3) is 11.8 Å². The van der Waals surface area contributed by atoms with Crippen molar-refractivity contribution in [1.29, 1.82) is 0 Å². The number of allylic oxidation sites excluding steroid dienone is 2. The van der Waals surface area contributed by atoms with E-state index in [1.807, 2.05) is 50.8 Å². The fourth-order valence-electron chi connectivity index (χ4n) is 10.5. The summed E-state index contributed by atoms with van der Waals surface area (Å²) in [7, 11) is 6.64. The summed E-state index contributed by atoms with van der Waals surface area (Å²) >= 11 is 1.54. The number of hydrogen-bond acceptors (Lipinski definition) is 20. The number of nitrogens with zero attached hydrogens (tertiary/aromatic N) is 6. The van der Waals surface area contributed by atoms with Crippen LogP contribution in [0.2, 0.25) is 0 Å². The van der Waals surface area contributed by atoms with E-state index in [1.54, 1.807) is 55.2 Å². The first-order chi connectivity index (χ1) is 43.2. The van der Waals surface area contributed by atoms with Crippen molar-refractivity contribution in [2.45, 2.75) is 116 Å². The molecule has 5 heterocycles. The molecule has 3 aromatic rings. The lowest BCUT2D eigenvalue weighted by molar-refractivity contribution is -0.138. The van der Waals surface area contributed by atoms with Crippen molar-refractivity contribution in [3.8, 4) is 28.7 Å². The number of methoxy groups -OCH3 is 2. The van der Waals surface area contributed by atoms with Crippen LogP contribution in [-0.4, -0.2) is 215 Å². The summed E-state index contributed by atoms with van der Waals surface area (Å²) < 4.78 is 51.3. The molecule has 3 saturated heterocycles. The Morgan fingerprint density at radius 1 is 0.789 bits per heavy atom. The van der Waals surface area contributed by atoms with Crippen LogP contribution in [0.1, 0.15) is 113 Å². The number of rotatable bonds is 34. The minimum atomic E-state index is -0.389. The summed E-state index contributed by atoms with van der Waals surface area (Å²) in [4.78, 5) is 91.2. The number of nitrogens with two attached hydrogens (primary N) is 1. The predicted octanol–water partition coefficient (Wildman–Crippen LogP) is 6.58. The number of anilines is 1. The standard InChI is InChI=1S/C51H65N7O9S.C14H28N2O6/c1-10-13-56-47(59)24-46(50(56)62)68-51(5,6)30-55(7)14-15-65-37-18-34(28-66-44-22-40(52)38(20-42(44)63-8)48(60)57-26-32(11-2)16-31(57)4)54-35(19-37)29-67-45-23-41-39(21-43(45)64-9)49(61)58-27-33(12-3)17-36(58)25-53-41;1-13(17)16-4-6-20-8-10-22-12-11-21-9-7-19-5-3-14(18)15-2/h11-12,18-23,25,31,36,46H,10,13-17,24,26-30,52H2,1-9H3;3-12H2,1-2H3,(H,15,18)(H,16,17)/b32-11+,33-12+;/t31-,36+,46?;/m1./s1. The maximum absolute atomic E-state index is 13.7. The first-order valence-corrected chi connectivity index (χ1v) is 31.6. The molecule has 90 heavy (non-hydrogen) atoms. The minimum absolute atomic E-state index is 0.00388. The van der Waals surface area contributed by atoms with Crippen molar-refractivity contribution in [3.05, 3.63) is 82.2 Å². The Kier molecular flexibility index (Phi) is 28.7. The van der Waals surface area contributed by atoms with E-state index in [0.29, 0.717) is 162 Å². The molecule has 1 unspecified atom stereocenters. The number of imide groups is 1. The molecule has 4 N–H and O–H groups in total. The van der Waals surface area contributed by atoms with Crippen LogP contribution < -0.4 is 40.1 Å². The molecule has 494 valence electrons. The van der Waals surface area contributed by atoms with E-state index < -0.39 is 0 Å². The maximum atomic E-state index is 13.7. The van der Waals surface area contributed by atoms with Crippen molar-refractivity contribution >= 4 is 64.8 Å². The zero-order valence-corrected chi connectivity index (χ0v) is 55.1.